The van der Waals surface area contributed by atoms with E-state index >= 15 is 0 Å². The molecule has 0 bridgehead atoms. The molecule has 0 saturated heterocycles. The summed E-state index contributed by atoms with van der Waals surface area (Å²) in [7, 11) is 1.81. The number of nitrogens with two attached hydrogens (primary N) is 1. The number of nitrogens with one attached hydrogen (secondary N) is 1. The molecule has 17 heavy (non-hydrogen) atoms. The summed E-state index contributed by atoms with van der Waals surface area (Å²) in [6.07, 6.45) is 0.925. The number of hydrogen-bond acceptors (Lipinski definition) is 3. The summed E-state index contributed by atoms with van der Waals surface area (Å²) < 4.78 is 0. The standard InChI is InChI=1S/C12H18ClN3O/c1-3-7-15-11(17)8-16(2)10-6-4-5-9(13)12(10)14/h4-6H,3,7-8,14H2,1-2H3,(H,15,17). The molecule has 0 aliphatic carbocycles. The van der Waals surface area contributed by atoms with E-state index in [0.29, 0.717) is 17.3 Å². The first-order valence-corrected chi connectivity index (χ1v) is 5.96. The lowest BCUT2D eigenvalue weighted by molar-refractivity contribution is -0.119. The van der Waals surface area contributed by atoms with Crippen LogP contribution in [-0.4, -0.2) is 26.0 Å². The van der Waals surface area contributed by atoms with Gasteiger partial charge < -0.3 is 16.0 Å². The molecule has 0 aliphatic rings. The van der Waals surface area contributed by atoms with Crippen molar-refractivity contribution in [1.82, 2.24) is 5.32 Å². The Hall–Kier alpha value is -1.42. The molecule has 3 N–H and O–H groups in total. The molecule has 0 radical (unpaired) electrons. The van der Waals surface area contributed by atoms with Crippen LogP contribution in [0.25, 0.3) is 0 Å². The molecule has 0 aromatic heterocycles. The van der Waals surface area contributed by atoms with E-state index in [2.05, 4.69) is 5.32 Å². The minimum atomic E-state index is -0.0197. The molecule has 0 spiro atoms. The maximum Gasteiger partial charge on any atom is 0.239 e. The number of rotatable bonds is 5. The van der Waals surface area contributed by atoms with Crippen LogP contribution in [0, 0.1) is 0 Å². The fourth-order valence-corrected chi connectivity index (χ4v) is 1.65. The van der Waals surface area contributed by atoms with Crippen LogP contribution in [0.2, 0.25) is 5.02 Å². The van der Waals surface area contributed by atoms with Gasteiger partial charge in [0.1, 0.15) is 0 Å². The van der Waals surface area contributed by atoms with Crippen LogP contribution in [0.5, 0.6) is 0 Å². The Labute approximate surface area is 107 Å². The van der Waals surface area contributed by atoms with Crippen LogP contribution in [0.3, 0.4) is 0 Å². The first kappa shape index (κ1) is 13.6. The Morgan fingerprint density at radius 1 is 1.53 bits per heavy atom. The molecule has 1 aromatic rings. The van der Waals surface area contributed by atoms with Crippen molar-refractivity contribution in [2.75, 3.05) is 30.8 Å². The van der Waals surface area contributed by atoms with Gasteiger partial charge in [-0.3, -0.25) is 4.79 Å². The zero-order valence-corrected chi connectivity index (χ0v) is 10.9. The van der Waals surface area contributed by atoms with E-state index < -0.39 is 0 Å². The van der Waals surface area contributed by atoms with Gasteiger partial charge >= 0.3 is 0 Å². The van der Waals surface area contributed by atoms with Crippen LogP contribution in [-0.2, 0) is 4.79 Å². The third-order valence-corrected chi connectivity index (χ3v) is 2.72. The van der Waals surface area contributed by atoms with Crippen LogP contribution in [0.4, 0.5) is 11.4 Å². The van der Waals surface area contributed by atoms with Gasteiger partial charge in [0.05, 0.1) is 22.9 Å². The summed E-state index contributed by atoms with van der Waals surface area (Å²) in [5.41, 5.74) is 7.12. The number of halogens is 1. The highest BCUT2D eigenvalue weighted by molar-refractivity contribution is 6.33. The summed E-state index contributed by atoms with van der Waals surface area (Å²) >= 11 is 5.93. The van der Waals surface area contributed by atoms with Gasteiger partial charge in [0.15, 0.2) is 0 Å². The number of carbonyl (C=O) groups excluding carboxylic acids is 1. The fraction of sp³-hybridized carbons (Fsp3) is 0.417. The van der Waals surface area contributed by atoms with E-state index in [0.717, 1.165) is 12.1 Å². The number of benzene rings is 1. The summed E-state index contributed by atoms with van der Waals surface area (Å²) in [5.74, 6) is -0.0197. The second-order valence-electron chi connectivity index (χ2n) is 3.88. The molecule has 5 heteroatoms. The maximum atomic E-state index is 11.6. The van der Waals surface area contributed by atoms with Crippen LogP contribution in [0.15, 0.2) is 18.2 Å². The summed E-state index contributed by atoms with van der Waals surface area (Å²) in [4.78, 5) is 13.3. The van der Waals surface area contributed by atoms with Crippen LogP contribution < -0.4 is 16.0 Å². The predicted molar refractivity (Wildman–Crippen MR) is 72.4 cm³/mol. The third-order valence-electron chi connectivity index (χ3n) is 2.39. The lowest BCUT2D eigenvalue weighted by Gasteiger charge is -2.20. The van der Waals surface area contributed by atoms with E-state index in [4.69, 9.17) is 17.3 Å². The smallest absolute Gasteiger partial charge is 0.239 e. The number of nitrogen functional groups attached to an aromatic ring is 1. The average molecular weight is 256 g/mol. The highest BCUT2D eigenvalue weighted by Crippen LogP contribution is 2.28. The second kappa shape index (κ2) is 6.35. The van der Waals surface area contributed by atoms with Gasteiger partial charge in [-0.25, -0.2) is 0 Å². The molecular weight excluding hydrogens is 238 g/mol. The molecular formula is C12H18ClN3O. The number of hydrogen-bond donors (Lipinski definition) is 2. The van der Waals surface area contributed by atoms with E-state index in [1.165, 1.54) is 0 Å². The van der Waals surface area contributed by atoms with Crippen molar-refractivity contribution in [2.24, 2.45) is 0 Å². The number of nitrogens with zero attached hydrogens (tertiary/aromatic N) is 1. The summed E-state index contributed by atoms with van der Waals surface area (Å²) in [5, 5.41) is 3.32. The van der Waals surface area contributed by atoms with Gasteiger partial charge in [-0.1, -0.05) is 24.6 Å². The highest BCUT2D eigenvalue weighted by atomic mass is 35.5. The van der Waals surface area contributed by atoms with Crippen molar-refractivity contribution in [2.45, 2.75) is 13.3 Å². The second-order valence-corrected chi connectivity index (χ2v) is 4.29. The number of likely N-dealkylation sites (N-methyl/N-ethyl adjacent to an activating group) is 1. The largest absolute Gasteiger partial charge is 0.396 e. The lowest BCUT2D eigenvalue weighted by atomic mass is 10.2. The van der Waals surface area contributed by atoms with E-state index in [-0.39, 0.29) is 12.5 Å². The van der Waals surface area contributed by atoms with Gasteiger partial charge in [-0.05, 0) is 18.6 Å². The monoisotopic (exact) mass is 255 g/mol. The normalized spacial score (nSPS) is 10.1. The summed E-state index contributed by atoms with van der Waals surface area (Å²) in [6, 6.07) is 5.38. The first-order chi connectivity index (χ1) is 8.06. The molecule has 0 atom stereocenters. The topological polar surface area (TPSA) is 58.4 Å². The van der Waals surface area contributed by atoms with Crippen molar-refractivity contribution < 1.29 is 4.79 Å². The van der Waals surface area contributed by atoms with Crippen LogP contribution in [0.1, 0.15) is 13.3 Å². The van der Waals surface area contributed by atoms with E-state index in [1.54, 1.807) is 11.0 Å². The molecule has 4 nitrogen and oxygen atoms in total. The van der Waals surface area contributed by atoms with Gasteiger partial charge in [-0.15, -0.1) is 0 Å². The SMILES string of the molecule is CCCNC(=O)CN(C)c1cccc(Cl)c1N. The predicted octanol–water partition coefficient (Wildman–Crippen LogP) is 1.88. The van der Waals surface area contributed by atoms with Crippen molar-refractivity contribution in [3.8, 4) is 0 Å². The van der Waals surface area contributed by atoms with Gasteiger partial charge in [0.25, 0.3) is 0 Å². The zero-order valence-electron chi connectivity index (χ0n) is 10.2. The number of amides is 1. The molecule has 1 rings (SSSR count). The molecule has 1 aromatic carbocycles. The fourth-order valence-electron chi connectivity index (χ4n) is 1.48. The Balaban J connectivity index is 2.66. The molecule has 0 saturated carbocycles. The van der Waals surface area contributed by atoms with E-state index in [1.807, 2.05) is 26.1 Å². The molecule has 0 heterocycles. The number of anilines is 2. The Morgan fingerprint density at radius 2 is 2.24 bits per heavy atom. The van der Waals surface area contributed by atoms with Crippen molar-refractivity contribution in [3.63, 3.8) is 0 Å². The Kier molecular flexibility index (Phi) is 5.10. The molecule has 94 valence electrons. The van der Waals surface area contributed by atoms with Gasteiger partial charge in [-0.2, -0.15) is 0 Å². The maximum absolute atomic E-state index is 11.6. The highest BCUT2D eigenvalue weighted by Gasteiger charge is 2.10. The zero-order chi connectivity index (χ0) is 12.8. The van der Waals surface area contributed by atoms with Gasteiger partial charge in [0, 0.05) is 13.6 Å². The van der Waals surface area contributed by atoms with E-state index in [9.17, 15) is 4.79 Å². The Morgan fingerprint density at radius 3 is 2.88 bits per heavy atom. The van der Waals surface area contributed by atoms with Crippen LogP contribution >= 0.6 is 11.6 Å². The molecule has 1 amide bonds. The van der Waals surface area contributed by atoms with Gasteiger partial charge in [0.2, 0.25) is 5.91 Å². The number of para-hydroxylation sites is 1. The van der Waals surface area contributed by atoms with Crippen molar-refractivity contribution in [3.05, 3.63) is 23.2 Å². The third kappa shape index (κ3) is 3.82. The Bertz CT molecular complexity index is 395. The van der Waals surface area contributed by atoms with Crippen molar-refractivity contribution >= 4 is 28.9 Å². The first-order valence-electron chi connectivity index (χ1n) is 5.58. The summed E-state index contributed by atoms with van der Waals surface area (Å²) in [6.45, 7) is 2.97. The minimum Gasteiger partial charge on any atom is -0.396 e. The quantitative estimate of drug-likeness (QED) is 0.790. The lowest BCUT2D eigenvalue weighted by Crippen LogP contribution is -2.35. The minimum absolute atomic E-state index is 0.0197. The number of carbonyl (C=O) groups is 1. The molecule has 0 aliphatic heterocycles. The molecule has 0 unspecified atom stereocenters. The van der Waals surface area contributed by atoms with Crippen molar-refractivity contribution in [1.29, 1.82) is 0 Å². The molecule has 0 fully saturated rings. The average Bonchev–Trinajstić information content (AvgIpc) is 2.29.